The van der Waals surface area contributed by atoms with Gasteiger partial charge in [-0.2, -0.15) is 0 Å². The molecule has 1 saturated carbocycles. The third-order valence-corrected chi connectivity index (χ3v) is 2.67. The lowest BCUT2D eigenvalue weighted by Crippen LogP contribution is -2.20. The van der Waals surface area contributed by atoms with Gasteiger partial charge in [0, 0.05) is 5.54 Å². The van der Waals surface area contributed by atoms with Gasteiger partial charge in [0.1, 0.15) is 5.82 Å². The molecule has 2 rings (SSSR count). The van der Waals surface area contributed by atoms with Gasteiger partial charge in [0.25, 0.3) is 0 Å². The molecule has 1 aromatic carbocycles. The van der Waals surface area contributed by atoms with Gasteiger partial charge in [-0.05, 0) is 43.0 Å². The van der Waals surface area contributed by atoms with Crippen molar-refractivity contribution in [2.75, 3.05) is 5.73 Å². The van der Waals surface area contributed by atoms with Crippen molar-refractivity contribution in [2.24, 2.45) is 5.73 Å². The van der Waals surface area contributed by atoms with Crippen LogP contribution in [0, 0.1) is 12.7 Å². The van der Waals surface area contributed by atoms with Crippen LogP contribution in [0.2, 0.25) is 0 Å². The fraction of sp³-hybridized carbons (Fsp3) is 0.400. The largest absolute Gasteiger partial charge is 0.396 e. The van der Waals surface area contributed by atoms with Crippen LogP contribution in [0.3, 0.4) is 0 Å². The number of anilines is 1. The molecule has 70 valence electrons. The Bertz CT molecular complexity index is 356. The van der Waals surface area contributed by atoms with Crippen LogP contribution in [0.25, 0.3) is 0 Å². The van der Waals surface area contributed by atoms with Gasteiger partial charge in [0.15, 0.2) is 0 Å². The highest BCUT2D eigenvalue weighted by Crippen LogP contribution is 2.44. The molecule has 0 heterocycles. The van der Waals surface area contributed by atoms with Gasteiger partial charge in [-0.1, -0.05) is 0 Å². The van der Waals surface area contributed by atoms with Gasteiger partial charge < -0.3 is 11.5 Å². The molecular weight excluding hydrogens is 167 g/mol. The predicted octanol–water partition coefficient (Wildman–Crippen LogP) is 1.66. The first kappa shape index (κ1) is 8.51. The van der Waals surface area contributed by atoms with E-state index in [2.05, 4.69) is 0 Å². The minimum atomic E-state index is -0.364. The zero-order valence-corrected chi connectivity index (χ0v) is 7.60. The lowest BCUT2D eigenvalue weighted by Gasteiger charge is -2.13. The van der Waals surface area contributed by atoms with Gasteiger partial charge in [0.05, 0.1) is 5.69 Å². The number of hydrogen-bond acceptors (Lipinski definition) is 2. The fourth-order valence-electron chi connectivity index (χ4n) is 1.64. The average molecular weight is 180 g/mol. The highest BCUT2D eigenvalue weighted by Gasteiger charge is 2.41. The maximum absolute atomic E-state index is 13.1. The summed E-state index contributed by atoms with van der Waals surface area (Å²) in [6, 6.07) is 3.12. The van der Waals surface area contributed by atoms with E-state index in [4.69, 9.17) is 11.5 Å². The zero-order chi connectivity index (χ0) is 9.64. The molecule has 1 aliphatic carbocycles. The van der Waals surface area contributed by atoms with E-state index in [1.807, 2.05) is 6.92 Å². The van der Waals surface area contributed by atoms with Crippen molar-refractivity contribution in [2.45, 2.75) is 25.3 Å². The van der Waals surface area contributed by atoms with E-state index in [9.17, 15) is 4.39 Å². The third-order valence-electron chi connectivity index (χ3n) is 2.67. The third kappa shape index (κ3) is 1.29. The van der Waals surface area contributed by atoms with E-state index in [1.54, 1.807) is 6.07 Å². The summed E-state index contributed by atoms with van der Waals surface area (Å²) in [6.07, 6.45) is 1.88. The topological polar surface area (TPSA) is 52.0 Å². The Kier molecular flexibility index (Phi) is 1.60. The van der Waals surface area contributed by atoms with Gasteiger partial charge >= 0.3 is 0 Å². The van der Waals surface area contributed by atoms with Crippen LogP contribution in [0.1, 0.15) is 24.0 Å². The summed E-state index contributed by atoms with van der Waals surface area (Å²) >= 11 is 0. The minimum absolute atomic E-state index is 0.200. The molecule has 0 amide bonds. The second-order valence-electron chi connectivity index (χ2n) is 3.84. The van der Waals surface area contributed by atoms with E-state index < -0.39 is 0 Å². The standard InChI is InChI=1S/C10H13FN2/c1-6-4-9(12)8(11)5-7(6)10(13)2-3-10/h4-5H,2-3,12-13H2,1H3. The maximum Gasteiger partial charge on any atom is 0.146 e. The minimum Gasteiger partial charge on any atom is -0.396 e. The molecule has 2 nitrogen and oxygen atoms in total. The van der Waals surface area contributed by atoms with Crippen molar-refractivity contribution in [3.63, 3.8) is 0 Å². The smallest absolute Gasteiger partial charge is 0.146 e. The van der Waals surface area contributed by atoms with Crippen molar-refractivity contribution >= 4 is 5.69 Å². The Labute approximate surface area is 76.7 Å². The Morgan fingerprint density at radius 3 is 2.54 bits per heavy atom. The van der Waals surface area contributed by atoms with Crippen molar-refractivity contribution in [3.8, 4) is 0 Å². The lowest BCUT2D eigenvalue weighted by molar-refractivity contribution is 0.621. The lowest BCUT2D eigenvalue weighted by atomic mass is 9.99. The van der Waals surface area contributed by atoms with E-state index in [0.717, 1.165) is 24.0 Å². The summed E-state index contributed by atoms with van der Waals surface area (Å²) in [7, 11) is 0. The first-order valence-electron chi connectivity index (χ1n) is 4.38. The molecule has 3 heteroatoms. The Hall–Kier alpha value is -1.09. The van der Waals surface area contributed by atoms with Gasteiger partial charge in [0.2, 0.25) is 0 Å². The van der Waals surface area contributed by atoms with Crippen LogP contribution in [-0.4, -0.2) is 0 Å². The first-order valence-corrected chi connectivity index (χ1v) is 4.38. The summed E-state index contributed by atoms with van der Waals surface area (Å²) in [5, 5.41) is 0. The van der Waals surface area contributed by atoms with Gasteiger partial charge in [-0.15, -0.1) is 0 Å². The molecule has 0 unspecified atom stereocenters. The van der Waals surface area contributed by atoms with E-state index in [-0.39, 0.29) is 17.0 Å². The number of aryl methyl sites for hydroxylation is 1. The summed E-state index contributed by atoms with van der Waals surface area (Å²) < 4.78 is 13.1. The van der Waals surface area contributed by atoms with Crippen LogP contribution in [0.4, 0.5) is 10.1 Å². The molecule has 0 spiro atoms. The summed E-state index contributed by atoms with van der Waals surface area (Å²) in [5.74, 6) is -0.364. The van der Waals surface area contributed by atoms with E-state index >= 15 is 0 Å². The van der Waals surface area contributed by atoms with Crippen LogP contribution >= 0.6 is 0 Å². The van der Waals surface area contributed by atoms with Crippen molar-refractivity contribution < 1.29 is 4.39 Å². The number of rotatable bonds is 1. The quantitative estimate of drug-likeness (QED) is 0.646. The zero-order valence-electron chi connectivity index (χ0n) is 7.60. The van der Waals surface area contributed by atoms with Crippen LogP contribution in [-0.2, 0) is 5.54 Å². The number of halogens is 1. The van der Waals surface area contributed by atoms with Crippen LogP contribution in [0.15, 0.2) is 12.1 Å². The highest BCUT2D eigenvalue weighted by molar-refractivity contribution is 5.49. The molecule has 1 aliphatic rings. The molecule has 13 heavy (non-hydrogen) atoms. The monoisotopic (exact) mass is 180 g/mol. The molecule has 0 bridgehead atoms. The van der Waals surface area contributed by atoms with Gasteiger partial charge in [-0.25, -0.2) is 4.39 Å². The summed E-state index contributed by atoms with van der Waals surface area (Å²) in [5.41, 5.74) is 13.2. The molecule has 4 N–H and O–H groups in total. The highest BCUT2D eigenvalue weighted by atomic mass is 19.1. The Morgan fingerprint density at radius 1 is 1.38 bits per heavy atom. The molecule has 0 saturated heterocycles. The summed E-state index contributed by atoms with van der Waals surface area (Å²) in [4.78, 5) is 0. The average Bonchev–Trinajstić information content (AvgIpc) is 2.77. The van der Waals surface area contributed by atoms with Crippen molar-refractivity contribution in [3.05, 3.63) is 29.1 Å². The van der Waals surface area contributed by atoms with E-state index in [1.165, 1.54) is 6.07 Å². The normalized spacial score (nSPS) is 18.7. The van der Waals surface area contributed by atoms with E-state index in [0.29, 0.717) is 0 Å². The SMILES string of the molecule is Cc1cc(N)c(F)cc1C1(N)CC1. The van der Waals surface area contributed by atoms with Crippen molar-refractivity contribution in [1.82, 2.24) is 0 Å². The molecule has 1 fully saturated rings. The molecule has 1 aromatic rings. The molecule has 0 atom stereocenters. The number of nitrogen functional groups attached to an aromatic ring is 1. The number of nitrogens with two attached hydrogens (primary N) is 2. The first-order chi connectivity index (χ1) is 6.03. The van der Waals surface area contributed by atoms with Gasteiger partial charge in [-0.3, -0.25) is 0 Å². The second kappa shape index (κ2) is 2.45. The molecule has 0 aliphatic heterocycles. The maximum atomic E-state index is 13.1. The molecular formula is C10H13FN2. The Balaban J connectivity index is 2.52. The summed E-state index contributed by atoms with van der Waals surface area (Å²) in [6.45, 7) is 1.91. The second-order valence-corrected chi connectivity index (χ2v) is 3.84. The molecule has 0 aromatic heterocycles. The van der Waals surface area contributed by atoms with Crippen LogP contribution in [0.5, 0.6) is 0 Å². The number of benzene rings is 1. The van der Waals surface area contributed by atoms with Crippen molar-refractivity contribution in [1.29, 1.82) is 0 Å². The predicted molar refractivity (Wildman–Crippen MR) is 50.6 cm³/mol. The molecule has 0 radical (unpaired) electrons. The Morgan fingerprint density at radius 2 is 2.00 bits per heavy atom. The fourth-order valence-corrected chi connectivity index (χ4v) is 1.64. The van der Waals surface area contributed by atoms with Crippen LogP contribution < -0.4 is 11.5 Å². The number of hydrogen-bond donors (Lipinski definition) is 2.